The molecule has 0 unspecified atom stereocenters. The van der Waals surface area contributed by atoms with Crippen LogP contribution < -0.4 is 14.5 Å². The fourth-order valence-electron chi connectivity index (χ4n) is 3.98. The summed E-state index contributed by atoms with van der Waals surface area (Å²) < 4.78 is 24.5. The number of quaternary nitrogens is 2. The molecule has 1 aliphatic heterocycles. The number of benzene rings is 2. The summed E-state index contributed by atoms with van der Waals surface area (Å²) in [5, 5.41) is 0. The van der Waals surface area contributed by atoms with Crippen LogP contribution in [0.5, 0.6) is 5.75 Å². The third kappa shape index (κ3) is 4.83. The SMILES string of the molecule is COc1ccc(C)cc1C[NH+]1CC[NH+](Cc2ncc(-c3ccc(F)cc3)o2)CC1. The van der Waals surface area contributed by atoms with Crippen LogP contribution >= 0.6 is 0 Å². The molecule has 29 heavy (non-hydrogen) atoms. The Bertz CT molecular complexity index is 947. The highest BCUT2D eigenvalue weighted by Crippen LogP contribution is 2.20. The van der Waals surface area contributed by atoms with Gasteiger partial charge in [-0.2, -0.15) is 0 Å². The first kappa shape index (κ1) is 19.6. The molecule has 0 amide bonds. The second-order valence-corrected chi connectivity index (χ2v) is 7.79. The van der Waals surface area contributed by atoms with Gasteiger partial charge < -0.3 is 19.0 Å². The third-order valence-electron chi connectivity index (χ3n) is 5.62. The molecule has 1 aromatic heterocycles. The van der Waals surface area contributed by atoms with Crippen LogP contribution in [0.25, 0.3) is 11.3 Å². The molecule has 6 heteroatoms. The number of methoxy groups -OCH3 is 1. The normalized spacial score (nSPS) is 19.3. The number of nitrogens with one attached hydrogen (secondary N) is 2. The van der Waals surface area contributed by atoms with Crippen molar-refractivity contribution in [1.82, 2.24) is 4.98 Å². The van der Waals surface area contributed by atoms with E-state index in [0.717, 1.165) is 56.5 Å². The zero-order valence-electron chi connectivity index (χ0n) is 17.0. The number of ether oxygens (including phenoxy) is 1. The number of aryl methyl sites for hydroxylation is 1. The van der Waals surface area contributed by atoms with Gasteiger partial charge in [-0.15, -0.1) is 0 Å². The van der Waals surface area contributed by atoms with Gasteiger partial charge in [-0.05, 0) is 43.3 Å². The number of hydrogen-bond donors (Lipinski definition) is 2. The lowest BCUT2D eigenvalue weighted by molar-refractivity contribution is -1.02. The van der Waals surface area contributed by atoms with Gasteiger partial charge in [0.1, 0.15) is 44.3 Å². The van der Waals surface area contributed by atoms with Gasteiger partial charge >= 0.3 is 0 Å². The molecule has 0 aliphatic carbocycles. The van der Waals surface area contributed by atoms with Crippen LogP contribution in [-0.4, -0.2) is 38.3 Å². The van der Waals surface area contributed by atoms with Gasteiger partial charge in [0.2, 0.25) is 0 Å². The number of aromatic nitrogens is 1. The molecule has 5 nitrogen and oxygen atoms in total. The van der Waals surface area contributed by atoms with Crippen LogP contribution in [0.1, 0.15) is 17.0 Å². The Kier molecular flexibility index (Phi) is 5.92. The van der Waals surface area contributed by atoms with E-state index in [1.54, 1.807) is 30.3 Å². The van der Waals surface area contributed by atoms with E-state index in [1.165, 1.54) is 28.2 Å². The van der Waals surface area contributed by atoms with Crippen LogP contribution in [0, 0.1) is 12.7 Å². The molecule has 2 N–H and O–H groups in total. The Morgan fingerprint density at radius 3 is 2.38 bits per heavy atom. The zero-order valence-corrected chi connectivity index (χ0v) is 17.0. The lowest BCUT2D eigenvalue weighted by atomic mass is 10.1. The van der Waals surface area contributed by atoms with Gasteiger partial charge in [-0.25, -0.2) is 9.37 Å². The molecule has 2 heterocycles. The van der Waals surface area contributed by atoms with E-state index < -0.39 is 0 Å². The molecule has 1 saturated heterocycles. The van der Waals surface area contributed by atoms with E-state index in [2.05, 4.69) is 30.1 Å². The lowest BCUT2D eigenvalue weighted by Crippen LogP contribution is -3.27. The number of piperazine rings is 1. The topological polar surface area (TPSA) is 44.1 Å². The summed E-state index contributed by atoms with van der Waals surface area (Å²) in [5.41, 5.74) is 3.40. The predicted molar refractivity (Wildman–Crippen MR) is 108 cm³/mol. The van der Waals surface area contributed by atoms with Crippen LogP contribution in [-0.2, 0) is 13.1 Å². The van der Waals surface area contributed by atoms with Crippen molar-refractivity contribution < 1.29 is 23.3 Å². The molecule has 0 radical (unpaired) electrons. The van der Waals surface area contributed by atoms with Crippen molar-refractivity contribution >= 4 is 0 Å². The first-order valence-electron chi connectivity index (χ1n) is 10.1. The summed E-state index contributed by atoms with van der Waals surface area (Å²) in [6.07, 6.45) is 1.73. The molecule has 0 spiro atoms. The molecule has 2 aromatic carbocycles. The average Bonchev–Trinajstić information content (AvgIpc) is 3.19. The maximum Gasteiger partial charge on any atom is 0.250 e. The first-order chi connectivity index (χ1) is 14.1. The van der Waals surface area contributed by atoms with Crippen LogP contribution in [0.3, 0.4) is 0 Å². The minimum absolute atomic E-state index is 0.249. The zero-order chi connectivity index (χ0) is 20.2. The van der Waals surface area contributed by atoms with E-state index in [1.807, 2.05) is 0 Å². The molecular weight excluding hydrogens is 369 g/mol. The minimum atomic E-state index is -0.249. The van der Waals surface area contributed by atoms with Gasteiger partial charge in [-0.3, -0.25) is 0 Å². The summed E-state index contributed by atoms with van der Waals surface area (Å²) in [6, 6.07) is 12.7. The molecule has 3 aromatic rings. The molecule has 1 fully saturated rings. The molecule has 1 aliphatic rings. The van der Waals surface area contributed by atoms with E-state index in [0.29, 0.717) is 5.76 Å². The van der Waals surface area contributed by atoms with E-state index in [-0.39, 0.29) is 5.82 Å². The van der Waals surface area contributed by atoms with Crippen molar-refractivity contribution in [2.45, 2.75) is 20.0 Å². The van der Waals surface area contributed by atoms with Crippen LogP contribution in [0.15, 0.2) is 53.1 Å². The lowest BCUT2D eigenvalue weighted by Gasteiger charge is -2.29. The van der Waals surface area contributed by atoms with E-state index in [9.17, 15) is 4.39 Å². The van der Waals surface area contributed by atoms with Gasteiger partial charge in [0.25, 0.3) is 5.89 Å². The van der Waals surface area contributed by atoms with Crippen molar-refractivity contribution in [3.63, 3.8) is 0 Å². The molecule has 0 bridgehead atoms. The first-order valence-corrected chi connectivity index (χ1v) is 10.1. The number of halogens is 1. The highest BCUT2D eigenvalue weighted by Gasteiger charge is 2.25. The van der Waals surface area contributed by atoms with E-state index in [4.69, 9.17) is 9.15 Å². The predicted octanol–water partition coefficient (Wildman–Crippen LogP) is 1.28. The van der Waals surface area contributed by atoms with Crippen molar-refractivity contribution in [3.8, 4) is 17.1 Å². The quantitative estimate of drug-likeness (QED) is 0.659. The van der Waals surface area contributed by atoms with Crippen LogP contribution in [0.4, 0.5) is 4.39 Å². The summed E-state index contributed by atoms with van der Waals surface area (Å²) in [5.74, 6) is 2.16. The van der Waals surface area contributed by atoms with Gasteiger partial charge in [-0.1, -0.05) is 11.6 Å². The van der Waals surface area contributed by atoms with Gasteiger partial charge in [0.05, 0.1) is 13.3 Å². The number of rotatable bonds is 6. The highest BCUT2D eigenvalue weighted by molar-refractivity contribution is 5.55. The third-order valence-corrected chi connectivity index (χ3v) is 5.62. The summed E-state index contributed by atoms with van der Waals surface area (Å²) in [6.45, 7) is 8.27. The smallest absolute Gasteiger partial charge is 0.250 e. The largest absolute Gasteiger partial charge is 0.496 e. The maximum atomic E-state index is 13.1. The van der Waals surface area contributed by atoms with E-state index >= 15 is 0 Å². The van der Waals surface area contributed by atoms with Gasteiger partial charge in [0.15, 0.2) is 12.3 Å². The van der Waals surface area contributed by atoms with Crippen molar-refractivity contribution in [2.75, 3.05) is 33.3 Å². The Balaban J connectivity index is 1.31. The number of nitrogens with zero attached hydrogens (tertiary/aromatic N) is 1. The van der Waals surface area contributed by atoms with Crippen molar-refractivity contribution in [1.29, 1.82) is 0 Å². The Morgan fingerprint density at radius 2 is 1.69 bits per heavy atom. The van der Waals surface area contributed by atoms with Crippen molar-refractivity contribution in [2.24, 2.45) is 0 Å². The summed E-state index contributed by atoms with van der Waals surface area (Å²) in [4.78, 5) is 7.49. The second-order valence-electron chi connectivity index (χ2n) is 7.79. The molecule has 0 saturated carbocycles. The Morgan fingerprint density at radius 1 is 1.00 bits per heavy atom. The standard InChI is InChI=1S/C23H26FN3O2/c1-17-3-8-21(28-2)19(13-17)15-26-9-11-27(12-10-26)16-23-25-14-22(29-23)18-4-6-20(24)7-5-18/h3-8,13-14H,9-12,15-16H2,1-2H3/p+2. The average molecular weight is 397 g/mol. The minimum Gasteiger partial charge on any atom is -0.496 e. The fourth-order valence-corrected chi connectivity index (χ4v) is 3.98. The Labute approximate surface area is 170 Å². The number of oxazole rings is 1. The van der Waals surface area contributed by atoms with Crippen LogP contribution in [0.2, 0.25) is 0 Å². The highest BCUT2D eigenvalue weighted by atomic mass is 19.1. The number of hydrogen-bond acceptors (Lipinski definition) is 3. The molecule has 0 atom stereocenters. The summed E-state index contributed by atoms with van der Waals surface area (Å²) in [7, 11) is 1.74. The Hall–Kier alpha value is -2.70. The fraction of sp³-hybridized carbons (Fsp3) is 0.348. The monoisotopic (exact) mass is 397 g/mol. The van der Waals surface area contributed by atoms with Gasteiger partial charge in [0, 0.05) is 11.1 Å². The summed E-state index contributed by atoms with van der Waals surface area (Å²) >= 11 is 0. The molecule has 152 valence electrons. The maximum absolute atomic E-state index is 13.1. The molecular formula is C23H28FN3O2+2. The molecule has 4 rings (SSSR count). The van der Waals surface area contributed by atoms with Crippen molar-refractivity contribution in [3.05, 3.63) is 71.5 Å². The second kappa shape index (κ2) is 8.76.